The van der Waals surface area contributed by atoms with Gasteiger partial charge in [-0.2, -0.15) is 0 Å². The van der Waals surface area contributed by atoms with Crippen LogP contribution in [0.5, 0.6) is 0 Å². The predicted molar refractivity (Wildman–Crippen MR) is 30.8 cm³/mol. The summed E-state index contributed by atoms with van der Waals surface area (Å²) in [7, 11) is 0. The number of azide groups is 1. The molecule has 0 aliphatic rings. The Hall–Kier alpha value is -1.22. The number of aliphatic carboxylic acids is 1. The van der Waals surface area contributed by atoms with Gasteiger partial charge in [-0.1, -0.05) is 12.0 Å². The van der Waals surface area contributed by atoms with Crippen LogP contribution in [0.25, 0.3) is 10.4 Å². The Bertz CT molecular complexity index is 150. The fourth-order valence-corrected chi connectivity index (χ4v) is 0.237. The standard InChI is InChI=1S/C4H7N3O2/c1-3(4(8)9)2-6-7-5/h3H,2H2,1H3,(H,8,9)/t3-/m0/s1. The molecule has 1 atom stereocenters. The monoisotopic (exact) mass is 129 g/mol. The molecule has 0 aliphatic carbocycles. The first-order valence-corrected chi connectivity index (χ1v) is 2.42. The van der Waals surface area contributed by atoms with Crippen molar-refractivity contribution in [2.75, 3.05) is 6.54 Å². The topological polar surface area (TPSA) is 86.1 Å². The van der Waals surface area contributed by atoms with E-state index in [0.29, 0.717) is 0 Å². The Labute approximate surface area is 51.9 Å². The second-order valence-corrected chi connectivity index (χ2v) is 1.65. The maximum absolute atomic E-state index is 10.0. The van der Waals surface area contributed by atoms with Crippen molar-refractivity contribution in [1.29, 1.82) is 0 Å². The van der Waals surface area contributed by atoms with Gasteiger partial charge in [0.15, 0.2) is 0 Å². The molecule has 0 aromatic heterocycles. The third-order valence-electron chi connectivity index (χ3n) is 0.840. The van der Waals surface area contributed by atoms with Crippen molar-refractivity contribution in [2.24, 2.45) is 11.0 Å². The Kier molecular flexibility index (Phi) is 3.23. The highest BCUT2D eigenvalue weighted by Crippen LogP contribution is 1.93. The molecule has 0 heterocycles. The van der Waals surface area contributed by atoms with Crippen LogP contribution >= 0.6 is 0 Å². The normalized spacial score (nSPS) is 11.7. The van der Waals surface area contributed by atoms with Gasteiger partial charge in [0, 0.05) is 11.5 Å². The Morgan fingerprint density at radius 1 is 2.00 bits per heavy atom. The molecule has 0 aromatic carbocycles. The molecule has 5 heteroatoms. The molecular weight excluding hydrogens is 122 g/mol. The molecule has 0 bridgehead atoms. The largest absolute Gasteiger partial charge is 0.481 e. The number of rotatable bonds is 3. The van der Waals surface area contributed by atoms with E-state index in [4.69, 9.17) is 10.6 Å². The smallest absolute Gasteiger partial charge is 0.306 e. The van der Waals surface area contributed by atoms with E-state index >= 15 is 0 Å². The minimum absolute atomic E-state index is 0.0197. The van der Waals surface area contributed by atoms with Gasteiger partial charge in [0.2, 0.25) is 0 Å². The molecule has 1 N–H and O–H groups in total. The van der Waals surface area contributed by atoms with E-state index in [1.54, 1.807) is 0 Å². The minimum Gasteiger partial charge on any atom is -0.481 e. The number of carboxylic acids is 1. The van der Waals surface area contributed by atoms with Gasteiger partial charge in [-0.05, 0) is 5.53 Å². The van der Waals surface area contributed by atoms with Crippen LogP contribution in [-0.2, 0) is 4.79 Å². The van der Waals surface area contributed by atoms with Crippen molar-refractivity contribution in [3.8, 4) is 0 Å². The zero-order valence-corrected chi connectivity index (χ0v) is 4.98. The molecule has 0 fully saturated rings. The summed E-state index contributed by atoms with van der Waals surface area (Å²) in [6, 6.07) is 0. The van der Waals surface area contributed by atoms with E-state index in [1.165, 1.54) is 6.92 Å². The predicted octanol–water partition coefficient (Wildman–Crippen LogP) is 1.02. The number of hydrogen-bond acceptors (Lipinski definition) is 2. The molecule has 9 heavy (non-hydrogen) atoms. The first-order valence-electron chi connectivity index (χ1n) is 2.42. The number of nitrogens with zero attached hydrogens (tertiary/aromatic N) is 3. The maximum Gasteiger partial charge on any atom is 0.306 e. The van der Waals surface area contributed by atoms with Crippen LogP contribution in [0.4, 0.5) is 0 Å². The molecular formula is C4H7N3O2. The van der Waals surface area contributed by atoms with Crippen LogP contribution < -0.4 is 0 Å². The molecule has 0 aliphatic heterocycles. The van der Waals surface area contributed by atoms with Gasteiger partial charge in [0.1, 0.15) is 0 Å². The van der Waals surface area contributed by atoms with Gasteiger partial charge in [0.05, 0.1) is 5.92 Å². The van der Waals surface area contributed by atoms with Crippen molar-refractivity contribution >= 4 is 5.97 Å². The molecule has 0 aromatic rings. The van der Waals surface area contributed by atoms with Crippen molar-refractivity contribution in [2.45, 2.75) is 6.92 Å². The summed E-state index contributed by atoms with van der Waals surface area (Å²) in [6.07, 6.45) is 0. The third kappa shape index (κ3) is 3.37. The van der Waals surface area contributed by atoms with Crippen molar-refractivity contribution in [1.82, 2.24) is 0 Å². The second kappa shape index (κ2) is 3.74. The van der Waals surface area contributed by atoms with Crippen LogP contribution in [0.1, 0.15) is 6.92 Å². The van der Waals surface area contributed by atoms with E-state index in [1.807, 2.05) is 0 Å². The average Bonchev–Trinajstić information content (AvgIpc) is 1.82. The number of hydrogen-bond donors (Lipinski definition) is 1. The van der Waals surface area contributed by atoms with Gasteiger partial charge >= 0.3 is 5.97 Å². The van der Waals surface area contributed by atoms with Crippen LogP contribution in [0.15, 0.2) is 5.11 Å². The lowest BCUT2D eigenvalue weighted by Gasteiger charge is -1.96. The third-order valence-corrected chi connectivity index (χ3v) is 0.840. The van der Waals surface area contributed by atoms with Crippen LogP contribution in [0, 0.1) is 5.92 Å². The van der Waals surface area contributed by atoms with Crippen LogP contribution in [0.3, 0.4) is 0 Å². The minimum atomic E-state index is -0.942. The molecule has 0 unspecified atom stereocenters. The molecule has 0 amide bonds. The molecule has 0 saturated heterocycles. The average molecular weight is 129 g/mol. The fraction of sp³-hybridized carbons (Fsp3) is 0.750. The van der Waals surface area contributed by atoms with Crippen molar-refractivity contribution in [3.63, 3.8) is 0 Å². The van der Waals surface area contributed by atoms with Gasteiger partial charge in [-0.15, -0.1) is 0 Å². The number of carbonyl (C=O) groups is 1. The van der Waals surface area contributed by atoms with Gasteiger partial charge in [-0.3, -0.25) is 4.79 Å². The summed E-state index contributed by atoms with van der Waals surface area (Å²) in [5.41, 5.74) is 7.76. The molecule has 0 radical (unpaired) electrons. The van der Waals surface area contributed by atoms with Crippen molar-refractivity contribution in [3.05, 3.63) is 10.4 Å². The lowest BCUT2D eigenvalue weighted by molar-refractivity contribution is -0.140. The zero-order valence-electron chi connectivity index (χ0n) is 4.98. The summed E-state index contributed by atoms with van der Waals surface area (Å²) >= 11 is 0. The van der Waals surface area contributed by atoms with Gasteiger partial charge < -0.3 is 5.11 Å². The summed E-state index contributed by atoms with van der Waals surface area (Å²) < 4.78 is 0. The summed E-state index contributed by atoms with van der Waals surface area (Å²) in [6.45, 7) is 1.50. The molecule has 0 spiro atoms. The Morgan fingerprint density at radius 2 is 2.56 bits per heavy atom. The van der Waals surface area contributed by atoms with Gasteiger partial charge in [0.25, 0.3) is 0 Å². The maximum atomic E-state index is 10.0. The highest BCUT2D eigenvalue weighted by molar-refractivity contribution is 5.69. The second-order valence-electron chi connectivity index (χ2n) is 1.65. The van der Waals surface area contributed by atoms with E-state index in [0.717, 1.165) is 0 Å². The van der Waals surface area contributed by atoms with Crippen molar-refractivity contribution < 1.29 is 9.90 Å². The SMILES string of the molecule is C[C@@H](CN=[N+]=[N-])C(=O)O. The summed E-state index contributed by atoms with van der Waals surface area (Å²) in [4.78, 5) is 12.4. The number of carboxylic acid groups (broad SMARTS) is 1. The molecule has 50 valence electrons. The van der Waals surface area contributed by atoms with E-state index < -0.39 is 11.9 Å². The quantitative estimate of drug-likeness (QED) is 0.350. The van der Waals surface area contributed by atoms with E-state index in [2.05, 4.69) is 10.0 Å². The molecule has 0 saturated carbocycles. The first kappa shape index (κ1) is 7.78. The van der Waals surface area contributed by atoms with E-state index in [9.17, 15) is 4.79 Å². The lowest BCUT2D eigenvalue weighted by Crippen LogP contribution is -2.11. The highest BCUT2D eigenvalue weighted by Gasteiger charge is 2.07. The molecule has 0 rings (SSSR count). The summed E-state index contributed by atoms with van der Waals surface area (Å²) in [5, 5.41) is 11.3. The van der Waals surface area contributed by atoms with Crippen LogP contribution in [0.2, 0.25) is 0 Å². The highest BCUT2D eigenvalue weighted by atomic mass is 16.4. The van der Waals surface area contributed by atoms with E-state index in [-0.39, 0.29) is 6.54 Å². The Morgan fingerprint density at radius 3 is 2.89 bits per heavy atom. The molecule has 5 nitrogen and oxygen atoms in total. The fourth-order valence-electron chi connectivity index (χ4n) is 0.237. The first-order chi connectivity index (χ1) is 4.18. The summed E-state index contributed by atoms with van der Waals surface area (Å²) in [5.74, 6) is -1.52. The van der Waals surface area contributed by atoms with Gasteiger partial charge in [-0.25, -0.2) is 0 Å². The van der Waals surface area contributed by atoms with Crippen LogP contribution in [-0.4, -0.2) is 17.6 Å². The zero-order chi connectivity index (χ0) is 7.28. The lowest BCUT2D eigenvalue weighted by atomic mass is 10.2. The Balaban J connectivity index is 3.63.